The molecule has 2 bridgehead atoms. The summed E-state index contributed by atoms with van der Waals surface area (Å²) in [5.41, 5.74) is 3.97. The molecule has 1 aliphatic carbocycles. The molecule has 19 heavy (non-hydrogen) atoms. The van der Waals surface area contributed by atoms with E-state index < -0.39 is 0 Å². The minimum atomic E-state index is -0.257. The zero-order valence-electron chi connectivity index (χ0n) is 10.7. The molecule has 1 saturated heterocycles. The first-order valence-corrected chi connectivity index (χ1v) is 7.50. The Bertz CT molecular complexity index is 505. The SMILES string of the molecule is NNC(=O)c1ccc(CN2CC3CCC2C3)c(Br)c1. The number of hydrogen-bond donors (Lipinski definition) is 2. The van der Waals surface area contributed by atoms with Crippen molar-refractivity contribution in [3.05, 3.63) is 33.8 Å². The molecule has 102 valence electrons. The van der Waals surface area contributed by atoms with Crippen molar-refractivity contribution >= 4 is 21.8 Å². The first-order chi connectivity index (χ1) is 9.17. The Morgan fingerprint density at radius 2 is 2.32 bits per heavy atom. The maximum Gasteiger partial charge on any atom is 0.265 e. The molecular weight excluding hydrogens is 306 g/mol. The van der Waals surface area contributed by atoms with E-state index in [0.29, 0.717) is 5.56 Å². The number of halogens is 1. The van der Waals surface area contributed by atoms with Crippen molar-refractivity contribution in [3.63, 3.8) is 0 Å². The molecule has 1 saturated carbocycles. The highest BCUT2D eigenvalue weighted by molar-refractivity contribution is 9.10. The molecule has 3 rings (SSSR count). The van der Waals surface area contributed by atoms with Gasteiger partial charge in [0.05, 0.1) is 0 Å². The van der Waals surface area contributed by atoms with Crippen LogP contribution >= 0.6 is 15.9 Å². The maximum atomic E-state index is 11.5. The monoisotopic (exact) mass is 323 g/mol. The van der Waals surface area contributed by atoms with Crippen LogP contribution in [0.5, 0.6) is 0 Å². The van der Waals surface area contributed by atoms with E-state index in [2.05, 4.69) is 26.3 Å². The van der Waals surface area contributed by atoms with Gasteiger partial charge >= 0.3 is 0 Å². The lowest BCUT2D eigenvalue weighted by Crippen LogP contribution is -2.32. The number of likely N-dealkylation sites (tertiary alicyclic amines) is 1. The lowest BCUT2D eigenvalue weighted by molar-refractivity contribution is 0.0953. The van der Waals surface area contributed by atoms with Crippen LogP contribution in [0.25, 0.3) is 0 Å². The van der Waals surface area contributed by atoms with E-state index in [9.17, 15) is 4.79 Å². The number of nitrogen functional groups attached to an aromatic ring is 1. The molecule has 0 radical (unpaired) electrons. The molecule has 1 amide bonds. The van der Waals surface area contributed by atoms with Crippen molar-refractivity contribution in [2.45, 2.75) is 31.8 Å². The molecule has 0 aromatic heterocycles. The standard InChI is InChI=1S/C14H18BrN3O/c15-13-6-10(14(19)17-16)2-3-11(13)8-18-7-9-1-4-12(18)5-9/h2-3,6,9,12H,1,4-5,7-8,16H2,(H,17,19). The third-order valence-corrected chi connectivity index (χ3v) is 5.08. The summed E-state index contributed by atoms with van der Waals surface area (Å²) in [6.45, 7) is 2.19. The van der Waals surface area contributed by atoms with Crippen LogP contribution in [0, 0.1) is 5.92 Å². The Morgan fingerprint density at radius 3 is 2.89 bits per heavy atom. The van der Waals surface area contributed by atoms with E-state index in [4.69, 9.17) is 5.84 Å². The first-order valence-electron chi connectivity index (χ1n) is 6.71. The molecular formula is C14H18BrN3O. The van der Waals surface area contributed by atoms with Crippen LogP contribution in [0.1, 0.15) is 35.2 Å². The van der Waals surface area contributed by atoms with Crippen LogP contribution in [-0.2, 0) is 6.54 Å². The van der Waals surface area contributed by atoms with Gasteiger partial charge in [-0.05, 0) is 42.9 Å². The Kier molecular flexibility index (Phi) is 3.60. The lowest BCUT2D eigenvalue weighted by Gasteiger charge is -2.27. The van der Waals surface area contributed by atoms with E-state index in [1.54, 1.807) is 0 Å². The smallest absolute Gasteiger partial charge is 0.265 e. The second kappa shape index (κ2) is 5.23. The lowest BCUT2D eigenvalue weighted by atomic mass is 10.1. The minimum absolute atomic E-state index is 0.257. The fourth-order valence-electron chi connectivity index (χ4n) is 3.34. The van der Waals surface area contributed by atoms with Crippen LogP contribution < -0.4 is 11.3 Å². The number of nitrogens with zero attached hydrogens (tertiary/aromatic N) is 1. The summed E-state index contributed by atoms with van der Waals surface area (Å²) in [4.78, 5) is 14.0. The summed E-state index contributed by atoms with van der Waals surface area (Å²) in [6, 6.07) is 6.45. The van der Waals surface area contributed by atoms with Crippen LogP contribution in [0.15, 0.2) is 22.7 Å². The molecule has 1 heterocycles. The number of benzene rings is 1. The predicted molar refractivity (Wildman–Crippen MR) is 77.3 cm³/mol. The average molecular weight is 324 g/mol. The second-order valence-electron chi connectivity index (χ2n) is 5.54. The van der Waals surface area contributed by atoms with Gasteiger partial charge in [0, 0.05) is 29.2 Å². The van der Waals surface area contributed by atoms with Gasteiger partial charge in [-0.25, -0.2) is 5.84 Å². The summed E-state index contributed by atoms with van der Waals surface area (Å²) in [5, 5.41) is 0. The number of nitrogens with two attached hydrogens (primary N) is 1. The summed E-state index contributed by atoms with van der Waals surface area (Å²) in [5.74, 6) is 5.79. The van der Waals surface area contributed by atoms with Crippen LogP contribution in [0.2, 0.25) is 0 Å². The number of piperidine rings is 1. The molecule has 5 heteroatoms. The van der Waals surface area contributed by atoms with Gasteiger partial charge in [-0.15, -0.1) is 0 Å². The largest absolute Gasteiger partial charge is 0.296 e. The van der Waals surface area contributed by atoms with Gasteiger partial charge in [0.2, 0.25) is 0 Å². The van der Waals surface area contributed by atoms with E-state index in [-0.39, 0.29) is 5.91 Å². The fraction of sp³-hybridized carbons (Fsp3) is 0.500. The van der Waals surface area contributed by atoms with Gasteiger partial charge in [-0.3, -0.25) is 15.1 Å². The molecule has 3 N–H and O–H groups in total. The van der Waals surface area contributed by atoms with Crippen LogP contribution in [0.4, 0.5) is 0 Å². The number of fused-ring (bicyclic) bond motifs is 2. The van der Waals surface area contributed by atoms with E-state index in [0.717, 1.165) is 23.0 Å². The average Bonchev–Trinajstić information content (AvgIpc) is 3.02. The van der Waals surface area contributed by atoms with Crippen molar-refractivity contribution < 1.29 is 4.79 Å². The first kappa shape index (κ1) is 13.1. The van der Waals surface area contributed by atoms with Crippen LogP contribution in [0.3, 0.4) is 0 Å². The van der Waals surface area contributed by atoms with Gasteiger partial charge in [-0.1, -0.05) is 22.0 Å². The molecule has 1 aliphatic heterocycles. The summed E-state index contributed by atoms with van der Waals surface area (Å²) >= 11 is 3.56. The summed E-state index contributed by atoms with van der Waals surface area (Å²) in [6.07, 6.45) is 4.11. The van der Waals surface area contributed by atoms with Crippen LogP contribution in [-0.4, -0.2) is 23.4 Å². The Morgan fingerprint density at radius 1 is 1.47 bits per heavy atom. The predicted octanol–water partition coefficient (Wildman–Crippen LogP) is 2.04. The maximum absolute atomic E-state index is 11.5. The molecule has 2 fully saturated rings. The van der Waals surface area contributed by atoms with Gasteiger partial charge in [0.1, 0.15) is 0 Å². The molecule has 2 unspecified atom stereocenters. The summed E-state index contributed by atoms with van der Waals surface area (Å²) < 4.78 is 0.983. The molecule has 1 aromatic rings. The van der Waals surface area contributed by atoms with Crippen molar-refractivity contribution in [3.8, 4) is 0 Å². The third kappa shape index (κ3) is 2.55. The van der Waals surface area contributed by atoms with Gasteiger partial charge in [0.25, 0.3) is 5.91 Å². The molecule has 0 spiro atoms. The van der Waals surface area contributed by atoms with Crippen molar-refractivity contribution in [1.82, 2.24) is 10.3 Å². The number of rotatable bonds is 3. The van der Waals surface area contributed by atoms with Gasteiger partial charge in [-0.2, -0.15) is 0 Å². The Hall–Kier alpha value is -0.910. The minimum Gasteiger partial charge on any atom is -0.296 e. The summed E-state index contributed by atoms with van der Waals surface area (Å²) in [7, 11) is 0. The number of amides is 1. The molecule has 4 nitrogen and oxygen atoms in total. The molecule has 2 atom stereocenters. The van der Waals surface area contributed by atoms with E-state index in [1.165, 1.54) is 31.4 Å². The second-order valence-corrected chi connectivity index (χ2v) is 6.40. The number of carbonyl (C=O) groups excluding carboxylic acids is 1. The zero-order valence-corrected chi connectivity index (χ0v) is 12.3. The normalized spacial score (nSPS) is 25.8. The fourth-order valence-corrected chi connectivity index (χ4v) is 3.84. The zero-order chi connectivity index (χ0) is 13.4. The third-order valence-electron chi connectivity index (χ3n) is 4.34. The molecule has 1 aromatic carbocycles. The number of hydrogen-bond acceptors (Lipinski definition) is 3. The highest BCUT2D eigenvalue weighted by Gasteiger charge is 2.37. The Labute approximate surface area is 121 Å². The van der Waals surface area contributed by atoms with Gasteiger partial charge < -0.3 is 0 Å². The van der Waals surface area contributed by atoms with E-state index >= 15 is 0 Å². The van der Waals surface area contributed by atoms with Gasteiger partial charge in [0.15, 0.2) is 0 Å². The highest BCUT2D eigenvalue weighted by Crippen LogP contribution is 2.38. The molecule has 2 aliphatic rings. The number of nitrogens with one attached hydrogen (secondary N) is 1. The Balaban J connectivity index is 1.73. The highest BCUT2D eigenvalue weighted by atomic mass is 79.9. The van der Waals surface area contributed by atoms with Crippen molar-refractivity contribution in [2.24, 2.45) is 11.8 Å². The van der Waals surface area contributed by atoms with Crippen molar-refractivity contribution in [2.75, 3.05) is 6.54 Å². The number of hydrazine groups is 1. The topological polar surface area (TPSA) is 58.4 Å². The number of carbonyl (C=O) groups is 1. The van der Waals surface area contributed by atoms with Crippen molar-refractivity contribution in [1.29, 1.82) is 0 Å². The quantitative estimate of drug-likeness (QED) is 0.508. The van der Waals surface area contributed by atoms with E-state index in [1.807, 2.05) is 18.2 Å².